The Morgan fingerprint density at radius 1 is 1.10 bits per heavy atom. The molecule has 16 heteroatoms. The summed E-state index contributed by atoms with van der Waals surface area (Å²) in [6.45, 7) is -0.194. The Morgan fingerprint density at radius 3 is 2.44 bits per heavy atom. The van der Waals surface area contributed by atoms with Gasteiger partial charge in [-0.15, -0.1) is 0 Å². The van der Waals surface area contributed by atoms with Crippen LogP contribution in [-0.4, -0.2) is 48.5 Å². The first-order valence-electron chi connectivity index (χ1n) is 11.6. The summed E-state index contributed by atoms with van der Waals surface area (Å²) >= 11 is 0. The smallest absolute Gasteiger partial charge is 0.404 e. The number of nitrogens with two attached hydrogens (primary N) is 1. The number of H-pyrrole nitrogens is 1. The van der Waals surface area contributed by atoms with E-state index in [1.807, 2.05) is 4.72 Å². The topological polar surface area (TPSA) is 161 Å². The minimum Gasteiger partial charge on any atom is -0.487 e. The first-order valence-corrected chi connectivity index (χ1v) is 13.2. The second-order valence-electron chi connectivity index (χ2n) is 8.50. The predicted octanol–water partition coefficient (Wildman–Crippen LogP) is 4.34. The number of alkyl halides is 3. The van der Waals surface area contributed by atoms with Gasteiger partial charge in [-0.3, -0.25) is 14.6 Å². The fourth-order valence-electron chi connectivity index (χ4n) is 3.64. The van der Waals surface area contributed by atoms with Gasteiger partial charge in [0, 0.05) is 11.6 Å². The van der Waals surface area contributed by atoms with E-state index in [-0.39, 0.29) is 40.7 Å². The molecule has 1 amide bonds. The van der Waals surface area contributed by atoms with Gasteiger partial charge in [-0.25, -0.2) is 17.8 Å². The molecule has 0 unspecified atom stereocenters. The molecule has 2 aromatic carbocycles. The number of anilines is 3. The van der Waals surface area contributed by atoms with Crippen LogP contribution in [0.1, 0.15) is 15.9 Å². The fraction of sp³-hybridized carbons (Fsp3) is 0.160. The highest BCUT2D eigenvalue weighted by atomic mass is 32.2. The van der Waals surface area contributed by atoms with E-state index in [0.29, 0.717) is 17.1 Å². The van der Waals surface area contributed by atoms with E-state index in [0.717, 1.165) is 6.07 Å². The number of pyridine rings is 1. The first-order chi connectivity index (χ1) is 19.3. The fourth-order valence-corrected chi connectivity index (χ4v) is 4.64. The van der Waals surface area contributed by atoms with Crippen molar-refractivity contribution < 1.29 is 40.2 Å². The van der Waals surface area contributed by atoms with Crippen LogP contribution in [-0.2, 0) is 16.6 Å². The number of carbonyl (C=O) groups is 1. The van der Waals surface area contributed by atoms with Gasteiger partial charge in [0.05, 0.1) is 30.4 Å². The van der Waals surface area contributed by atoms with Crippen molar-refractivity contribution in [1.82, 2.24) is 15.2 Å². The number of nitrogens with one attached hydrogen (secondary N) is 3. The van der Waals surface area contributed by atoms with Gasteiger partial charge < -0.3 is 20.5 Å². The summed E-state index contributed by atoms with van der Waals surface area (Å²) in [4.78, 5) is 16.5. The van der Waals surface area contributed by atoms with Crippen LogP contribution in [0.5, 0.6) is 11.6 Å². The van der Waals surface area contributed by atoms with Crippen LogP contribution in [0.2, 0.25) is 0 Å². The summed E-state index contributed by atoms with van der Waals surface area (Å²) in [6, 6.07) is 12.2. The quantitative estimate of drug-likeness (QED) is 0.187. The Labute approximate surface area is 230 Å². The van der Waals surface area contributed by atoms with Crippen LogP contribution >= 0.6 is 0 Å². The van der Waals surface area contributed by atoms with Crippen molar-refractivity contribution in [2.75, 3.05) is 22.9 Å². The second kappa shape index (κ2) is 11.7. The van der Waals surface area contributed by atoms with Crippen molar-refractivity contribution in [1.29, 1.82) is 0 Å². The Kier molecular flexibility index (Phi) is 8.32. The largest absolute Gasteiger partial charge is 0.487 e. The average molecular weight is 595 g/mol. The number of halogens is 4. The van der Waals surface area contributed by atoms with Gasteiger partial charge in [0.15, 0.2) is 11.6 Å². The van der Waals surface area contributed by atoms with E-state index in [1.165, 1.54) is 49.7 Å². The number of rotatable bonds is 11. The van der Waals surface area contributed by atoms with E-state index in [2.05, 4.69) is 20.5 Å². The van der Waals surface area contributed by atoms with Crippen molar-refractivity contribution in [2.45, 2.75) is 12.8 Å². The molecule has 0 fully saturated rings. The Morgan fingerprint density at radius 2 is 1.83 bits per heavy atom. The predicted molar refractivity (Wildman–Crippen MR) is 141 cm³/mol. The minimum atomic E-state index is -4.99. The van der Waals surface area contributed by atoms with Crippen molar-refractivity contribution >= 4 is 33.1 Å². The maximum absolute atomic E-state index is 13.3. The molecular formula is C25H22F4N6O5S. The Hall–Kier alpha value is -4.86. The van der Waals surface area contributed by atoms with Gasteiger partial charge in [-0.05, 0) is 35.9 Å². The van der Waals surface area contributed by atoms with Crippen molar-refractivity contribution in [3.63, 3.8) is 0 Å². The lowest BCUT2D eigenvalue weighted by atomic mass is 10.1. The number of methoxy groups -OCH3 is 1. The summed E-state index contributed by atoms with van der Waals surface area (Å²) in [5.41, 5.74) is 6.52. The molecule has 0 aliphatic heterocycles. The van der Waals surface area contributed by atoms with E-state index < -0.39 is 33.7 Å². The molecule has 0 saturated carbocycles. The number of aromatic amines is 1. The SMILES string of the molecule is COc1ccc(Nc2n[nH]c(-c3ccc(NS(=O)(=O)CC(F)(F)F)c(OCc4ccc(F)cc4)c3)c2C(N)=O)cn1. The molecule has 4 rings (SSSR count). The van der Waals surface area contributed by atoms with Gasteiger partial charge >= 0.3 is 6.18 Å². The zero-order valence-electron chi connectivity index (χ0n) is 21.1. The molecule has 0 saturated heterocycles. The van der Waals surface area contributed by atoms with E-state index in [4.69, 9.17) is 15.2 Å². The van der Waals surface area contributed by atoms with Crippen LogP contribution in [0.3, 0.4) is 0 Å². The molecule has 0 bridgehead atoms. The number of aromatic nitrogens is 3. The molecule has 41 heavy (non-hydrogen) atoms. The van der Waals surface area contributed by atoms with Crippen LogP contribution < -0.4 is 25.2 Å². The van der Waals surface area contributed by atoms with Crippen molar-refractivity contribution in [3.8, 4) is 22.9 Å². The summed E-state index contributed by atoms with van der Waals surface area (Å²) < 4.78 is 88.6. The lowest BCUT2D eigenvalue weighted by Crippen LogP contribution is -2.28. The molecule has 216 valence electrons. The number of benzene rings is 2. The molecule has 0 spiro atoms. The Bertz CT molecular complexity index is 1640. The van der Waals surface area contributed by atoms with E-state index in [9.17, 15) is 30.8 Å². The Balaban J connectivity index is 1.70. The summed E-state index contributed by atoms with van der Waals surface area (Å²) in [7, 11) is -3.41. The van der Waals surface area contributed by atoms with Crippen LogP contribution in [0.25, 0.3) is 11.3 Å². The number of carbonyl (C=O) groups excluding carboxylic acids is 1. The molecule has 0 aliphatic carbocycles. The standard InChI is InChI=1S/C25H22F4N6O5S/c1-39-20-9-7-17(11-31-20)32-24-21(23(30)36)22(33-34-24)15-4-8-18(35-41(37,38)13-25(27,28)29)19(10-15)40-12-14-2-5-16(26)6-3-14/h2-11,35H,12-13H2,1H3,(H2,30,36)(H2,32,33,34). The molecule has 2 heterocycles. The molecule has 2 aromatic heterocycles. The summed E-state index contributed by atoms with van der Waals surface area (Å²) in [5, 5.41) is 9.68. The molecule has 0 aliphatic rings. The normalized spacial score (nSPS) is 11.6. The van der Waals surface area contributed by atoms with E-state index >= 15 is 0 Å². The zero-order valence-corrected chi connectivity index (χ0v) is 21.9. The van der Waals surface area contributed by atoms with Gasteiger partial charge in [-0.2, -0.15) is 18.3 Å². The molecule has 11 nitrogen and oxygen atoms in total. The summed E-state index contributed by atoms with van der Waals surface area (Å²) in [5.74, 6) is -3.28. The van der Waals surface area contributed by atoms with Gasteiger partial charge in [0.25, 0.3) is 5.91 Å². The number of hydrogen-bond donors (Lipinski definition) is 4. The number of amides is 1. The van der Waals surface area contributed by atoms with E-state index in [1.54, 1.807) is 12.1 Å². The van der Waals surface area contributed by atoms with Crippen LogP contribution in [0, 0.1) is 5.82 Å². The van der Waals surface area contributed by atoms with Crippen molar-refractivity contribution in [3.05, 3.63) is 77.7 Å². The lowest BCUT2D eigenvalue weighted by Gasteiger charge is -2.16. The van der Waals surface area contributed by atoms with Crippen LogP contribution in [0.4, 0.5) is 34.8 Å². The number of nitrogens with zero attached hydrogens (tertiary/aromatic N) is 2. The number of primary amides is 1. The highest BCUT2D eigenvalue weighted by Gasteiger charge is 2.35. The van der Waals surface area contributed by atoms with Gasteiger partial charge in [0.1, 0.15) is 23.7 Å². The third kappa shape index (κ3) is 7.63. The number of hydrogen-bond acceptors (Lipinski definition) is 8. The molecule has 0 radical (unpaired) electrons. The number of ether oxygens (including phenoxy) is 2. The maximum Gasteiger partial charge on any atom is 0.404 e. The highest BCUT2D eigenvalue weighted by Crippen LogP contribution is 2.35. The number of sulfonamides is 1. The van der Waals surface area contributed by atoms with Gasteiger partial charge in [0.2, 0.25) is 15.9 Å². The zero-order chi connectivity index (χ0) is 29.8. The minimum absolute atomic E-state index is 0.0446. The maximum atomic E-state index is 13.3. The molecule has 4 aromatic rings. The second-order valence-corrected chi connectivity index (χ2v) is 10.2. The monoisotopic (exact) mass is 594 g/mol. The average Bonchev–Trinajstić information content (AvgIpc) is 3.31. The third-order valence-corrected chi connectivity index (χ3v) is 6.66. The first kappa shape index (κ1) is 29.1. The third-order valence-electron chi connectivity index (χ3n) is 5.42. The van der Waals surface area contributed by atoms with Crippen molar-refractivity contribution in [2.24, 2.45) is 5.73 Å². The molecular weight excluding hydrogens is 572 g/mol. The highest BCUT2D eigenvalue weighted by molar-refractivity contribution is 7.92. The molecule has 0 atom stereocenters. The lowest BCUT2D eigenvalue weighted by molar-refractivity contribution is -0.106. The molecule has 5 N–H and O–H groups in total. The summed E-state index contributed by atoms with van der Waals surface area (Å²) in [6.07, 6.45) is -3.56. The van der Waals surface area contributed by atoms with Gasteiger partial charge in [-0.1, -0.05) is 18.2 Å². The van der Waals surface area contributed by atoms with Crippen LogP contribution in [0.15, 0.2) is 60.8 Å².